The van der Waals surface area contributed by atoms with Crippen molar-refractivity contribution in [3.8, 4) is 5.75 Å². The zero-order valence-corrected chi connectivity index (χ0v) is 11.6. The molecule has 4 nitrogen and oxygen atoms in total. The van der Waals surface area contributed by atoms with Gasteiger partial charge in [0.1, 0.15) is 24.5 Å². The van der Waals surface area contributed by atoms with Gasteiger partial charge in [-0.15, -0.1) is 0 Å². The van der Waals surface area contributed by atoms with Crippen LogP contribution < -0.4 is 10.1 Å². The maximum atomic E-state index is 5.72. The van der Waals surface area contributed by atoms with Crippen molar-refractivity contribution < 1.29 is 4.74 Å². The van der Waals surface area contributed by atoms with Crippen LogP contribution in [0.2, 0.25) is 0 Å². The van der Waals surface area contributed by atoms with Crippen LogP contribution in [0.15, 0.2) is 36.7 Å². The van der Waals surface area contributed by atoms with Crippen LogP contribution in [0, 0.1) is 13.8 Å². The van der Waals surface area contributed by atoms with Gasteiger partial charge in [0.2, 0.25) is 0 Å². The van der Waals surface area contributed by atoms with Crippen molar-refractivity contribution in [3.63, 3.8) is 0 Å². The summed E-state index contributed by atoms with van der Waals surface area (Å²) in [6.07, 6.45) is 1.56. The van der Waals surface area contributed by atoms with Gasteiger partial charge in [-0.3, -0.25) is 0 Å². The minimum absolute atomic E-state index is 0.176. The number of ether oxygens (including phenoxy) is 1. The second-order valence-corrected chi connectivity index (χ2v) is 4.71. The van der Waals surface area contributed by atoms with Gasteiger partial charge in [-0.05, 0) is 32.9 Å². The summed E-state index contributed by atoms with van der Waals surface area (Å²) < 4.78 is 5.72. The minimum atomic E-state index is 0.176. The van der Waals surface area contributed by atoms with Gasteiger partial charge in [0.15, 0.2) is 0 Å². The average molecular weight is 257 g/mol. The second kappa shape index (κ2) is 6.18. The Morgan fingerprint density at radius 1 is 1.16 bits per heavy atom. The van der Waals surface area contributed by atoms with Crippen LogP contribution >= 0.6 is 0 Å². The Morgan fingerprint density at radius 3 is 2.58 bits per heavy atom. The molecule has 2 aromatic rings. The third-order valence-electron chi connectivity index (χ3n) is 2.72. The summed E-state index contributed by atoms with van der Waals surface area (Å²) in [5.41, 5.74) is 2.18. The molecule has 0 fully saturated rings. The van der Waals surface area contributed by atoms with Crippen LogP contribution in [0.4, 0.5) is 5.82 Å². The van der Waals surface area contributed by atoms with E-state index in [2.05, 4.69) is 29.1 Å². The Kier molecular flexibility index (Phi) is 4.34. The zero-order chi connectivity index (χ0) is 13.7. The number of anilines is 1. The third-order valence-corrected chi connectivity index (χ3v) is 2.72. The highest BCUT2D eigenvalue weighted by atomic mass is 16.5. The average Bonchev–Trinajstić information content (AvgIpc) is 2.38. The van der Waals surface area contributed by atoms with Crippen LogP contribution in [-0.4, -0.2) is 22.6 Å². The van der Waals surface area contributed by atoms with Gasteiger partial charge in [-0.25, -0.2) is 9.97 Å². The van der Waals surface area contributed by atoms with E-state index in [0.29, 0.717) is 6.61 Å². The monoisotopic (exact) mass is 257 g/mol. The second-order valence-electron chi connectivity index (χ2n) is 4.71. The number of hydrogen-bond donors (Lipinski definition) is 1. The molecule has 0 aliphatic carbocycles. The minimum Gasteiger partial charge on any atom is -0.491 e. The quantitative estimate of drug-likeness (QED) is 0.894. The zero-order valence-electron chi connectivity index (χ0n) is 11.6. The van der Waals surface area contributed by atoms with E-state index in [4.69, 9.17) is 4.74 Å². The summed E-state index contributed by atoms with van der Waals surface area (Å²) in [5, 5.41) is 3.29. The lowest BCUT2D eigenvalue weighted by atomic mass is 10.2. The molecule has 1 unspecified atom stereocenters. The SMILES string of the molecule is Cc1ccc(OCC(C)Nc2cc(C)ncn2)cc1. The van der Waals surface area contributed by atoms with E-state index < -0.39 is 0 Å². The topological polar surface area (TPSA) is 47.0 Å². The van der Waals surface area contributed by atoms with Crippen molar-refractivity contribution in [1.29, 1.82) is 0 Å². The van der Waals surface area contributed by atoms with E-state index in [1.165, 1.54) is 5.56 Å². The van der Waals surface area contributed by atoms with Crippen molar-refractivity contribution in [1.82, 2.24) is 9.97 Å². The van der Waals surface area contributed by atoms with Gasteiger partial charge in [0, 0.05) is 11.8 Å². The number of rotatable bonds is 5. The standard InChI is InChI=1S/C15H19N3O/c1-11-4-6-14(7-5-11)19-9-13(3)18-15-8-12(2)16-10-17-15/h4-8,10,13H,9H2,1-3H3,(H,16,17,18). The fraction of sp³-hybridized carbons (Fsp3) is 0.333. The highest BCUT2D eigenvalue weighted by molar-refractivity contribution is 5.35. The van der Waals surface area contributed by atoms with Crippen LogP contribution in [0.3, 0.4) is 0 Å². The molecule has 100 valence electrons. The van der Waals surface area contributed by atoms with E-state index >= 15 is 0 Å². The highest BCUT2D eigenvalue weighted by Gasteiger charge is 2.04. The Bertz CT molecular complexity index is 525. The molecule has 2 rings (SSSR count). The first kappa shape index (κ1) is 13.3. The normalized spacial score (nSPS) is 11.9. The lowest BCUT2D eigenvalue weighted by Crippen LogP contribution is -2.24. The summed E-state index contributed by atoms with van der Waals surface area (Å²) in [5.74, 6) is 1.71. The molecule has 0 aliphatic rings. The predicted octanol–water partition coefficient (Wildman–Crippen LogP) is 2.97. The van der Waals surface area contributed by atoms with Gasteiger partial charge in [-0.1, -0.05) is 17.7 Å². The molecule has 4 heteroatoms. The highest BCUT2D eigenvalue weighted by Crippen LogP contribution is 2.12. The summed E-state index contributed by atoms with van der Waals surface area (Å²) in [6, 6.07) is 10.1. The summed E-state index contributed by atoms with van der Waals surface area (Å²) in [7, 11) is 0. The molecule has 1 N–H and O–H groups in total. The predicted molar refractivity (Wildman–Crippen MR) is 76.5 cm³/mol. The van der Waals surface area contributed by atoms with Gasteiger partial charge in [0.25, 0.3) is 0 Å². The van der Waals surface area contributed by atoms with E-state index in [-0.39, 0.29) is 6.04 Å². The van der Waals surface area contributed by atoms with Crippen molar-refractivity contribution in [2.75, 3.05) is 11.9 Å². The maximum absolute atomic E-state index is 5.72. The Morgan fingerprint density at radius 2 is 1.89 bits per heavy atom. The Labute approximate surface area is 113 Å². The first-order valence-corrected chi connectivity index (χ1v) is 6.38. The number of aryl methyl sites for hydroxylation is 2. The van der Waals surface area contributed by atoms with Crippen LogP contribution in [0.25, 0.3) is 0 Å². The van der Waals surface area contributed by atoms with E-state index in [9.17, 15) is 0 Å². The molecule has 0 saturated heterocycles. The molecular weight excluding hydrogens is 238 g/mol. The van der Waals surface area contributed by atoms with Crippen LogP contribution in [0.5, 0.6) is 5.75 Å². The lowest BCUT2D eigenvalue weighted by molar-refractivity contribution is 0.303. The molecule has 1 atom stereocenters. The molecule has 1 aromatic heterocycles. The van der Waals surface area contributed by atoms with Crippen molar-refractivity contribution >= 4 is 5.82 Å². The lowest BCUT2D eigenvalue weighted by Gasteiger charge is -2.15. The number of benzene rings is 1. The molecule has 0 spiro atoms. The van der Waals surface area contributed by atoms with Crippen LogP contribution in [-0.2, 0) is 0 Å². The number of aromatic nitrogens is 2. The van der Waals surface area contributed by atoms with E-state index in [0.717, 1.165) is 17.3 Å². The summed E-state index contributed by atoms with van der Waals surface area (Å²) >= 11 is 0. The number of nitrogens with one attached hydrogen (secondary N) is 1. The van der Waals surface area contributed by atoms with Gasteiger partial charge in [-0.2, -0.15) is 0 Å². The molecule has 0 radical (unpaired) electrons. The largest absolute Gasteiger partial charge is 0.491 e. The van der Waals surface area contributed by atoms with E-state index in [1.54, 1.807) is 6.33 Å². The molecule has 0 amide bonds. The maximum Gasteiger partial charge on any atom is 0.129 e. The molecule has 19 heavy (non-hydrogen) atoms. The number of nitrogens with zero attached hydrogens (tertiary/aromatic N) is 2. The van der Waals surface area contributed by atoms with Crippen molar-refractivity contribution in [2.45, 2.75) is 26.8 Å². The fourth-order valence-electron chi connectivity index (χ4n) is 1.68. The molecule has 0 saturated carbocycles. The molecule has 1 aromatic carbocycles. The first-order valence-electron chi connectivity index (χ1n) is 6.38. The Hall–Kier alpha value is -2.10. The van der Waals surface area contributed by atoms with Gasteiger partial charge >= 0.3 is 0 Å². The summed E-state index contributed by atoms with van der Waals surface area (Å²) in [4.78, 5) is 8.23. The van der Waals surface area contributed by atoms with Crippen molar-refractivity contribution in [2.24, 2.45) is 0 Å². The third kappa shape index (κ3) is 4.25. The molecule has 1 heterocycles. The van der Waals surface area contributed by atoms with Crippen molar-refractivity contribution in [3.05, 3.63) is 47.9 Å². The fourth-order valence-corrected chi connectivity index (χ4v) is 1.68. The first-order chi connectivity index (χ1) is 9.13. The van der Waals surface area contributed by atoms with Gasteiger partial charge in [0.05, 0.1) is 6.04 Å². The van der Waals surface area contributed by atoms with Crippen LogP contribution in [0.1, 0.15) is 18.2 Å². The Balaban J connectivity index is 1.84. The number of hydrogen-bond acceptors (Lipinski definition) is 4. The van der Waals surface area contributed by atoms with Gasteiger partial charge < -0.3 is 10.1 Å². The smallest absolute Gasteiger partial charge is 0.129 e. The van der Waals surface area contributed by atoms with E-state index in [1.807, 2.05) is 37.3 Å². The molecule has 0 aliphatic heterocycles. The summed E-state index contributed by atoms with van der Waals surface area (Å²) in [6.45, 7) is 6.66. The molecule has 0 bridgehead atoms. The molecular formula is C15H19N3O.